The topological polar surface area (TPSA) is 64.1 Å². The summed E-state index contributed by atoms with van der Waals surface area (Å²) in [6.07, 6.45) is 1.66. The van der Waals surface area contributed by atoms with E-state index in [1.54, 1.807) is 24.4 Å². The first-order chi connectivity index (χ1) is 14.7. The van der Waals surface area contributed by atoms with Crippen LogP contribution in [0.4, 0.5) is 0 Å². The number of amides is 1. The summed E-state index contributed by atoms with van der Waals surface area (Å²) in [5.41, 5.74) is 3.65. The van der Waals surface area contributed by atoms with E-state index < -0.39 is 0 Å². The Bertz CT molecular complexity index is 1130. The van der Waals surface area contributed by atoms with Crippen LogP contribution < -0.4 is 10.1 Å². The summed E-state index contributed by atoms with van der Waals surface area (Å²) in [5.74, 6) is 1.59. The molecule has 0 saturated carbocycles. The maximum absolute atomic E-state index is 12.4. The van der Waals surface area contributed by atoms with Crippen molar-refractivity contribution in [2.45, 2.75) is 13.5 Å². The van der Waals surface area contributed by atoms with Gasteiger partial charge in [0.2, 0.25) is 5.88 Å². The molecule has 4 rings (SSSR count). The van der Waals surface area contributed by atoms with E-state index in [1.165, 1.54) is 5.56 Å². The Morgan fingerprint density at radius 1 is 0.900 bits per heavy atom. The lowest BCUT2D eigenvalue weighted by Crippen LogP contribution is -2.22. The number of nitrogens with one attached hydrogen (secondary N) is 1. The van der Waals surface area contributed by atoms with Gasteiger partial charge >= 0.3 is 0 Å². The second kappa shape index (κ2) is 9.01. The number of aryl methyl sites for hydroxylation is 1. The van der Waals surface area contributed by atoms with Crippen molar-refractivity contribution in [2.75, 3.05) is 0 Å². The molecule has 0 atom stereocenters. The summed E-state index contributed by atoms with van der Waals surface area (Å²) in [4.78, 5) is 21.2. The number of nitrogens with zero attached hydrogens (tertiary/aromatic N) is 2. The zero-order valence-corrected chi connectivity index (χ0v) is 16.6. The number of aromatic nitrogens is 2. The molecule has 0 radical (unpaired) electrons. The van der Waals surface area contributed by atoms with E-state index in [4.69, 9.17) is 4.74 Å². The summed E-state index contributed by atoms with van der Waals surface area (Å²) in [6, 6.07) is 26.5. The lowest BCUT2D eigenvalue weighted by atomic mass is 10.1. The zero-order chi connectivity index (χ0) is 20.8. The van der Waals surface area contributed by atoms with Crippen LogP contribution in [0.2, 0.25) is 0 Å². The fourth-order valence-electron chi connectivity index (χ4n) is 2.91. The number of ether oxygens (including phenoxy) is 1. The van der Waals surface area contributed by atoms with Gasteiger partial charge in [-0.3, -0.25) is 4.79 Å². The largest absolute Gasteiger partial charge is 0.439 e. The van der Waals surface area contributed by atoms with Crippen LogP contribution in [0.1, 0.15) is 21.5 Å². The minimum Gasteiger partial charge on any atom is -0.439 e. The highest BCUT2D eigenvalue weighted by molar-refractivity contribution is 5.94. The summed E-state index contributed by atoms with van der Waals surface area (Å²) < 4.78 is 5.77. The summed E-state index contributed by atoms with van der Waals surface area (Å²) in [7, 11) is 0. The Kier molecular flexibility index (Phi) is 5.80. The summed E-state index contributed by atoms with van der Waals surface area (Å²) in [6.45, 7) is 2.53. The van der Waals surface area contributed by atoms with Gasteiger partial charge in [-0.2, -0.15) is 4.98 Å². The first kappa shape index (κ1) is 19.3. The van der Waals surface area contributed by atoms with Gasteiger partial charge in [0.1, 0.15) is 5.75 Å². The standard InChI is InChI=1S/C25H21N3O2/c1-18-7-9-19(10-8-18)17-27-25(29)21-13-11-20(12-14-21)24-26-16-15-23(28-24)30-22-5-3-2-4-6-22/h2-16H,17H2,1H3,(H,27,29). The minimum atomic E-state index is -0.121. The SMILES string of the molecule is Cc1ccc(CNC(=O)c2ccc(-c3nccc(Oc4ccccc4)n3)cc2)cc1. The average molecular weight is 395 g/mol. The Morgan fingerprint density at radius 3 is 2.37 bits per heavy atom. The van der Waals surface area contributed by atoms with Crippen LogP contribution in [-0.4, -0.2) is 15.9 Å². The maximum atomic E-state index is 12.4. The van der Waals surface area contributed by atoms with Gasteiger partial charge in [0.15, 0.2) is 5.82 Å². The second-order valence-electron chi connectivity index (χ2n) is 6.88. The third-order valence-electron chi connectivity index (χ3n) is 4.57. The maximum Gasteiger partial charge on any atom is 0.251 e. The fourth-order valence-corrected chi connectivity index (χ4v) is 2.91. The van der Waals surface area contributed by atoms with Gasteiger partial charge in [0.25, 0.3) is 5.91 Å². The van der Waals surface area contributed by atoms with Crippen LogP contribution in [0.5, 0.6) is 11.6 Å². The van der Waals surface area contributed by atoms with Gasteiger partial charge in [-0.25, -0.2) is 4.98 Å². The molecule has 148 valence electrons. The Balaban J connectivity index is 1.42. The third kappa shape index (κ3) is 4.89. The van der Waals surface area contributed by atoms with Crippen molar-refractivity contribution in [3.05, 3.63) is 108 Å². The molecule has 0 bridgehead atoms. The number of carbonyl (C=O) groups excluding carboxylic acids is 1. The number of benzene rings is 3. The molecule has 1 amide bonds. The van der Waals surface area contributed by atoms with Gasteiger partial charge in [0.05, 0.1) is 0 Å². The number of hydrogen-bond donors (Lipinski definition) is 1. The molecule has 0 aliphatic heterocycles. The van der Waals surface area contributed by atoms with E-state index in [-0.39, 0.29) is 5.91 Å². The van der Waals surface area contributed by atoms with Crippen molar-refractivity contribution in [1.82, 2.24) is 15.3 Å². The molecular formula is C25H21N3O2. The first-order valence-corrected chi connectivity index (χ1v) is 9.67. The average Bonchev–Trinajstić information content (AvgIpc) is 2.79. The van der Waals surface area contributed by atoms with Crippen molar-refractivity contribution in [2.24, 2.45) is 0 Å². The molecule has 5 heteroatoms. The van der Waals surface area contributed by atoms with E-state index in [1.807, 2.05) is 73.7 Å². The molecule has 3 aromatic carbocycles. The molecule has 30 heavy (non-hydrogen) atoms. The molecule has 0 spiro atoms. The number of para-hydroxylation sites is 1. The van der Waals surface area contributed by atoms with Gasteiger partial charge in [0, 0.05) is 29.9 Å². The molecule has 5 nitrogen and oxygen atoms in total. The Labute approximate surface area is 175 Å². The van der Waals surface area contributed by atoms with Gasteiger partial charge in [-0.15, -0.1) is 0 Å². The van der Waals surface area contributed by atoms with E-state index >= 15 is 0 Å². The molecule has 0 unspecified atom stereocenters. The number of carbonyl (C=O) groups is 1. The smallest absolute Gasteiger partial charge is 0.251 e. The molecule has 1 aromatic heterocycles. The molecule has 1 N–H and O–H groups in total. The highest BCUT2D eigenvalue weighted by atomic mass is 16.5. The first-order valence-electron chi connectivity index (χ1n) is 9.67. The lowest BCUT2D eigenvalue weighted by Gasteiger charge is -2.08. The normalized spacial score (nSPS) is 10.4. The van der Waals surface area contributed by atoms with Gasteiger partial charge in [-0.1, -0.05) is 60.2 Å². The quantitative estimate of drug-likeness (QED) is 0.489. The molecule has 4 aromatic rings. The highest BCUT2D eigenvalue weighted by Gasteiger charge is 2.08. The van der Waals surface area contributed by atoms with Gasteiger partial charge < -0.3 is 10.1 Å². The van der Waals surface area contributed by atoms with Crippen molar-refractivity contribution in [3.63, 3.8) is 0 Å². The molecule has 0 saturated heterocycles. The lowest BCUT2D eigenvalue weighted by molar-refractivity contribution is 0.0951. The van der Waals surface area contributed by atoms with Crippen molar-refractivity contribution >= 4 is 5.91 Å². The molecule has 1 heterocycles. The predicted molar refractivity (Wildman–Crippen MR) is 116 cm³/mol. The van der Waals surface area contributed by atoms with E-state index in [0.29, 0.717) is 29.6 Å². The minimum absolute atomic E-state index is 0.121. The van der Waals surface area contributed by atoms with Crippen LogP contribution in [0.15, 0.2) is 91.1 Å². The van der Waals surface area contributed by atoms with Crippen LogP contribution in [-0.2, 0) is 6.54 Å². The highest BCUT2D eigenvalue weighted by Crippen LogP contribution is 2.22. The Morgan fingerprint density at radius 2 is 1.63 bits per heavy atom. The van der Waals surface area contributed by atoms with Crippen molar-refractivity contribution in [1.29, 1.82) is 0 Å². The number of rotatable bonds is 6. The number of hydrogen-bond acceptors (Lipinski definition) is 4. The predicted octanol–water partition coefficient (Wildman–Crippen LogP) is 5.17. The summed E-state index contributed by atoms with van der Waals surface area (Å²) >= 11 is 0. The van der Waals surface area contributed by atoms with Crippen molar-refractivity contribution < 1.29 is 9.53 Å². The zero-order valence-electron chi connectivity index (χ0n) is 16.6. The Hall–Kier alpha value is -3.99. The van der Waals surface area contributed by atoms with Crippen molar-refractivity contribution in [3.8, 4) is 23.0 Å². The van der Waals surface area contributed by atoms with E-state index in [0.717, 1.165) is 11.1 Å². The molecule has 0 fully saturated rings. The monoisotopic (exact) mass is 395 g/mol. The van der Waals surface area contributed by atoms with E-state index in [2.05, 4.69) is 15.3 Å². The van der Waals surface area contributed by atoms with E-state index in [9.17, 15) is 4.79 Å². The molecule has 0 aliphatic rings. The molecular weight excluding hydrogens is 374 g/mol. The van der Waals surface area contributed by atoms with Crippen LogP contribution in [0.3, 0.4) is 0 Å². The summed E-state index contributed by atoms with van der Waals surface area (Å²) in [5, 5.41) is 2.94. The van der Waals surface area contributed by atoms with Crippen LogP contribution >= 0.6 is 0 Å². The van der Waals surface area contributed by atoms with Gasteiger partial charge in [-0.05, 0) is 36.8 Å². The van der Waals surface area contributed by atoms with Crippen LogP contribution in [0.25, 0.3) is 11.4 Å². The third-order valence-corrected chi connectivity index (χ3v) is 4.57. The molecule has 0 aliphatic carbocycles. The fraction of sp³-hybridized carbons (Fsp3) is 0.0800. The second-order valence-corrected chi connectivity index (χ2v) is 6.88. The van der Waals surface area contributed by atoms with Crippen LogP contribution in [0, 0.1) is 6.92 Å².